The molecule has 0 aromatic carbocycles. The Hall–Kier alpha value is -1.31. The summed E-state index contributed by atoms with van der Waals surface area (Å²) in [6.45, 7) is 12.9. The molecule has 2 nitrogen and oxygen atoms in total. The minimum atomic E-state index is 0.547. The fourth-order valence-corrected chi connectivity index (χ4v) is 2.56. The van der Waals surface area contributed by atoms with E-state index in [2.05, 4.69) is 43.3 Å². The highest BCUT2D eigenvalue weighted by atomic mass is 15.1. The van der Waals surface area contributed by atoms with Gasteiger partial charge in [-0.25, -0.2) is 0 Å². The van der Waals surface area contributed by atoms with Crippen molar-refractivity contribution >= 4 is 5.69 Å². The van der Waals surface area contributed by atoms with E-state index in [0.717, 1.165) is 13.1 Å². The summed E-state index contributed by atoms with van der Waals surface area (Å²) in [6.07, 6.45) is 6.42. The molecule has 1 saturated heterocycles. The third-order valence-corrected chi connectivity index (χ3v) is 3.97. The Morgan fingerprint density at radius 2 is 2.00 bits per heavy atom. The molecule has 98 valence electrons. The van der Waals surface area contributed by atoms with Crippen LogP contribution in [0.5, 0.6) is 0 Å². The van der Waals surface area contributed by atoms with Gasteiger partial charge in [-0.2, -0.15) is 0 Å². The second-order valence-corrected chi connectivity index (χ2v) is 5.74. The van der Waals surface area contributed by atoms with Crippen LogP contribution in [0, 0.1) is 5.92 Å². The largest absolute Gasteiger partial charge is 0.370 e. The second kappa shape index (κ2) is 5.55. The van der Waals surface area contributed by atoms with E-state index >= 15 is 0 Å². The number of aromatic nitrogens is 1. The van der Waals surface area contributed by atoms with Crippen molar-refractivity contribution < 1.29 is 0 Å². The number of anilines is 1. The smallest absolute Gasteiger partial charge is 0.0555 e. The summed E-state index contributed by atoms with van der Waals surface area (Å²) < 4.78 is 0. The summed E-state index contributed by atoms with van der Waals surface area (Å²) in [5, 5.41) is 0. The number of nitrogens with zero attached hydrogens (tertiary/aromatic N) is 2. The lowest BCUT2D eigenvalue weighted by atomic mass is 9.91. The third-order valence-electron chi connectivity index (χ3n) is 3.97. The lowest BCUT2D eigenvalue weighted by molar-refractivity contribution is 0.459. The van der Waals surface area contributed by atoms with Crippen LogP contribution in [-0.2, 0) is 0 Å². The lowest BCUT2D eigenvalue weighted by Crippen LogP contribution is -2.34. The van der Waals surface area contributed by atoms with Crippen LogP contribution in [-0.4, -0.2) is 18.1 Å². The molecule has 0 spiro atoms. The maximum atomic E-state index is 4.38. The molecule has 1 fully saturated rings. The van der Waals surface area contributed by atoms with Crippen molar-refractivity contribution in [1.82, 2.24) is 4.98 Å². The molecule has 18 heavy (non-hydrogen) atoms. The van der Waals surface area contributed by atoms with Gasteiger partial charge in [0.1, 0.15) is 0 Å². The molecule has 1 aliphatic rings. The van der Waals surface area contributed by atoms with Crippen LogP contribution in [0.3, 0.4) is 0 Å². The van der Waals surface area contributed by atoms with Crippen LogP contribution in [0.15, 0.2) is 30.6 Å². The molecule has 2 heteroatoms. The Labute approximate surface area is 111 Å². The van der Waals surface area contributed by atoms with E-state index in [1.54, 1.807) is 0 Å². The first-order valence-corrected chi connectivity index (χ1v) is 6.93. The Bertz CT molecular complexity index is 415. The summed E-state index contributed by atoms with van der Waals surface area (Å²) in [5.41, 5.74) is 3.94. The number of hydrogen-bond acceptors (Lipinski definition) is 2. The van der Waals surface area contributed by atoms with Crippen LogP contribution < -0.4 is 4.90 Å². The first-order valence-electron chi connectivity index (χ1n) is 6.93. The van der Waals surface area contributed by atoms with Gasteiger partial charge >= 0.3 is 0 Å². The number of pyridine rings is 1. The molecule has 0 N–H and O–H groups in total. The normalized spacial score (nSPS) is 17.2. The SMILES string of the molecule is C=C(C)C1CCN(c2cncc(C(C)C)c2)CC1. The average molecular weight is 244 g/mol. The molecule has 1 aliphatic heterocycles. The maximum absolute atomic E-state index is 4.38. The quantitative estimate of drug-likeness (QED) is 0.747. The highest BCUT2D eigenvalue weighted by molar-refractivity contribution is 5.47. The first kappa shape index (κ1) is 13.1. The Balaban J connectivity index is 2.05. The van der Waals surface area contributed by atoms with Gasteiger partial charge in [0.2, 0.25) is 0 Å². The minimum absolute atomic E-state index is 0.547. The molecular formula is C16H24N2. The van der Waals surface area contributed by atoms with Gasteiger partial charge in [-0.15, -0.1) is 0 Å². The molecule has 0 bridgehead atoms. The lowest BCUT2D eigenvalue weighted by Gasteiger charge is -2.34. The summed E-state index contributed by atoms with van der Waals surface area (Å²) in [4.78, 5) is 6.83. The van der Waals surface area contributed by atoms with E-state index in [1.165, 1.54) is 29.7 Å². The van der Waals surface area contributed by atoms with Crippen molar-refractivity contribution in [3.05, 3.63) is 36.2 Å². The highest BCUT2D eigenvalue weighted by Gasteiger charge is 2.20. The van der Waals surface area contributed by atoms with Crippen LogP contribution in [0.25, 0.3) is 0 Å². The molecule has 0 atom stereocenters. The molecule has 1 aromatic heterocycles. The summed E-state index contributed by atoms with van der Waals surface area (Å²) in [7, 11) is 0. The van der Waals surface area contributed by atoms with E-state index in [9.17, 15) is 0 Å². The van der Waals surface area contributed by atoms with Crippen LogP contribution in [0.1, 0.15) is 45.1 Å². The molecule has 0 unspecified atom stereocenters. The van der Waals surface area contributed by atoms with Gasteiger partial charge in [0.05, 0.1) is 11.9 Å². The van der Waals surface area contributed by atoms with Gasteiger partial charge in [-0.1, -0.05) is 26.0 Å². The minimum Gasteiger partial charge on any atom is -0.370 e. The van der Waals surface area contributed by atoms with E-state index in [-0.39, 0.29) is 0 Å². The molecule has 0 radical (unpaired) electrons. The molecule has 2 heterocycles. The summed E-state index contributed by atoms with van der Waals surface area (Å²) in [6, 6.07) is 2.29. The van der Waals surface area contributed by atoms with Gasteiger partial charge in [0, 0.05) is 19.3 Å². The number of rotatable bonds is 3. The van der Waals surface area contributed by atoms with Crippen molar-refractivity contribution in [3.8, 4) is 0 Å². The first-order chi connectivity index (χ1) is 8.58. The van der Waals surface area contributed by atoms with Crippen molar-refractivity contribution in [1.29, 1.82) is 0 Å². The zero-order valence-corrected chi connectivity index (χ0v) is 11.8. The van der Waals surface area contributed by atoms with Crippen LogP contribution >= 0.6 is 0 Å². The Morgan fingerprint density at radius 1 is 1.33 bits per heavy atom. The molecule has 0 amide bonds. The Kier molecular flexibility index (Phi) is 4.05. The third kappa shape index (κ3) is 2.92. The molecular weight excluding hydrogens is 220 g/mol. The molecule has 0 aliphatic carbocycles. The van der Waals surface area contributed by atoms with Crippen molar-refractivity contribution in [3.63, 3.8) is 0 Å². The average Bonchev–Trinajstić information content (AvgIpc) is 2.39. The topological polar surface area (TPSA) is 16.1 Å². The van der Waals surface area contributed by atoms with E-state index in [4.69, 9.17) is 0 Å². The van der Waals surface area contributed by atoms with Gasteiger partial charge in [0.15, 0.2) is 0 Å². The standard InChI is InChI=1S/C16H24N2/c1-12(2)14-5-7-18(8-6-14)16-9-15(13(3)4)10-17-11-16/h9-11,13-14H,1,5-8H2,2-4H3. The van der Waals surface area contributed by atoms with Gasteiger partial charge in [-0.3, -0.25) is 4.98 Å². The zero-order chi connectivity index (χ0) is 13.1. The molecule has 2 rings (SSSR count). The predicted octanol–water partition coefficient (Wildman–Crippen LogP) is 4.00. The second-order valence-electron chi connectivity index (χ2n) is 5.74. The van der Waals surface area contributed by atoms with E-state index in [0.29, 0.717) is 11.8 Å². The monoisotopic (exact) mass is 244 g/mol. The van der Waals surface area contributed by atoms with Crippen molar-refractivity contribution in [2.75, 3.05) is 18.0 Å². The Morgan fingerprint density at radius 3 is 2.56 bits per heavy atom. The van der Waals surface area contributed by atoms with Crippen molar-refractivity contribution in [2.24, 2.45) is 5.92 Å². The number of allylic oxidation sites excluding steroid dienone is 1. The fraction of sp³-hybridized carbons (Fsp3) is 0.562. The van der Waals surface area contributed by atoms with Crippen molar-refractivity contribution in [2.45, 2.75) is 39.5 Å². The van der Waals surface area contributed by atoms with Crippen LogP contribution in [0.2, 0.25) is 0 Å². The number of piperidine rings is 1. The summed E-state index contributed by atoms with van der Waals surface area (Å²) >= 11 is 0. The number of hydrogen-bond donors (Lipinski definition) is 0. The van der Waals surface area contributed by atoms with Gasteiger partial charge in [0.25, 0.3) is 0 Å². The molecule has 1 aromatic rings. The van der Waals surface area contributed by atoms with E-state index < -0.39 is 0 Å². The summed E-state index contributed by atoms with van der Waals surface area (Å²) in [5.74, 6) is 1.26. The van der Waals surface area contributed by atoms with Gasteiger partial charge < -0.3 is 4.90 Å². The fourth-order valence-electron chi connectivity index (χ4n) is 2.56. The highest BCUT2D eigenvalue weighted by Crippen LogP contribution is 2.27. The molecule has 0 saturated carbocycles. The maximum Gasteiger partial charge on any atom is 0.0555 e. The predicted molar refractivity (Wildman–Crippen MR) is 78.1 cm³/mol. The zero-order valence-electron chi connectivity index (χ0n) is 11.8. The van der Waals surface area contributed by atoms with Gasteiger partial charge in [-0.05, 0) is 43.2 Å². The van der Waals surface area contributed by atoms with E-state index in [1.807, 2.05) is 12.4 Å². The van der Waals surface area contributed by atoms with Crippen LogP contribution in [0.4, 0.5) is 5.69 Å².